The van der Waals surface area contributed by atoms with Gasteiger partial charge in [-0.25, -0.2) is 0 Å². The van der Waals surface area contributed by atoms with Gasteiger partial charge in [-0.2, -0.15) is 0 Å². The molecule has 0 radical (unpaired) electrons. The molecule has 1 aliphatic carbocycles. The highest BCUT2D eigenvalue weighted by Gasteiger charge is 2.30. The van der Waals surface area contributed by atoms with Gasteiger partial charge >= 0.3 is 0 Å². The lowest BCUT2D eigenvalue weighted by molar-refractivity contribution is 0.645. The molecule has 0 spiro atoms. The smallest absolute Gasteiger partial charge is 0.0788 e. The van der Waals surface area contributed by atoms with Gasteiger partial charge in [0.25, 0.3) is 0 Å². The average molecular weight is 280 g/mol. The number of fused-ring (bicyclic) bond motifs is 1. The summed E-state index contributed by atoms with van der Waals surface area (Å²) in [5, 5.41) is 1.19. The van der Waals surface area contributed by atoms with E-state index < -0.39 is 0 Å². The summed E-state index contributed by atoms with van der Waals surface area (Å²) in [6.07, 6.45) is 4.42. The molecule has 0 amide bonds. The first kappa shape index (κ1) is 12.1. The van der Waals surface area contributed by atoms with Crippen LogP contribution >= 0.6 is 11.3 Å². The second kappa shape index (κ2) is 4.69. The topological polar surface area (TPSA) is 38.9 Å². The van der Waals surface area contributed by atoms with Gasteiger partial charge in [-0.05, 0) is 37.0 Å². The number of benzene rings is 1. The summed E-state index contributed by atoms with van der Waals surface area (Å²) in [6, 6.07) is 15.0. The number of aromatic nitrogens is 1. The van der Waals surface area contributed by atoms with Gasteiger partial charge in [0.15, 0.2) is 0 Å². The summed E-state index contributed by atoms with van der Waals surface area (Å²) in [5.41, 5.74) is 8.58. The average Bonchev–Trinajstić information content (AvgIpc) is 3.23. The fourth-order valence-electron chi connectivity index (χ4n) is 2.67. The molecule has 1 unspecified atom stereocenters. The summed E-state index contributed by atoms with van der Waals surface area (Å²) in [5.74, 6) is 0.701. The number of hydrogen-bond acceptors (Lipinski definition) is 3. The second-order valence-electron chi connectivity index (χ2n) is 5.45. The molecule has 3 aromatic rings. The molecule has 20 heavy (non-hydrogen) atoms. The highest BCUT2D eigenvalue weighted by molar-refractivity contribution is 7.15. The van der Waals surface area contributed by atoms with E-state index in [1.807, 2.05) is 23.6 Å². The van der Waals surface area contributed by atoms with Crippen LogP contribution in [0.1, 0.15) is 23.8 Å². The Morgan fingerprint density at radius 1 is 1.10 bits per heavy atom. The minimum atomic E-state index is 0.219. The van der Waals surface area contributed by atoms with Crippen molar-refractivity contribution in [2.45, 2.75) is 18.9 Å². The molecule has 2 heterocycles. The van der Waals surface area contributed by atoms with E-state index in [1.54, 1.807) is 0 Å². The molecule has 2 N–H and O–H groups in total. The Labute approximate surface area is 122 Å². The van der Waals surface area contributed by atoms with Crippen LogP contribution in [0.25, 0.3) is 21.3 Å². The fraction of sp³-hybridized carbons (Fsp3) is 0.235. The number of rotatable bonds is 3. The molecule has 1 atom stereocenters. The number of para-hydroxylation sites is 1. The molecule has 1 aromatic carbocycles. The first-order chi connectivity index (χ1) is 9.83. The van der Waals surface area contributed by atoms with Gasteiger partial charge in [-0.3, -0.25) is 4.98 Å². The van der Waals surface area contributed by atoms with E-state index in [-0.39, 0.29) is 6.04 Å². The van der Waals surface area contributed by atoms with Crippen molar-refractivity contribution in [2.24, 2.45) is 11.7 Å². The Balaban J connectivity index is 1.79. The second-order valence-corrected chi connectivity index (χ2v) is 6.56. The van der Waals surface area contributed by atoms with Crippen LogP contribution in [-0.2, 0) is 0 Å². The Hall–Kier alpha value is -1.71. The van der Waals surface area contributed by atoms with Crippen molar-refractivity contribution in [3.8, 4) is 10.4 Å². The minimum Gasteiger partial charge on any atom is -0.323 e. The molecule has 0 bridgehead atoms. The van der Waals surface area contributed by atoms with E-state index in [0.717, 1.165) is 5.52 Å². The third kappa shape index (κ3) is 2.03. The molecule has 0 aliphatic heterocycles. The maximum absolute atomic E-state index is 6.30. The van der Waals surface area contributed by atoms with Crippen molar-refractivity contribution in [2.75, 3.05) is 0 Å². The highest BCUT2D eigenvalue weighted by atomic mass is 32.1. The monoisotopic (exact) mass is 280 g/mol. The number of thiophene rings is 1. The molecule has 0 saturated heterocycles. The maximum Gasteiger partial charge on any atom is 0.0788 e. The first-order valence-corrected chi connectivity index (χ1v) is 7.84. The number of hydrogen-bond donors (Lipinski definition) is 1. The quantitative estimate of drug-likeness (QED) is 0.773. The third-order valence-electron chi connectivity index (χ3n) is 3.98. The third-order valence-corrected chi connectivity index (χ3v) is 5.20. The lowest BCUT2D eigenvalue weighted by atomic mass is 10.1. The number of nitrogens with two attached hydrogens (primary N) is 1. The Kier molecular flexibility index (Phi) is 2.83. The van der Waals surface area contributed by atoms with Crippen LogP contribution in [-0.4, -0.2) is 4.98 Å². The van der Waals surface area contributed by atoms with E-state index in [2.05, 4.69) is 41.4 Å². The van der Waals surface area contributed by atoms with E-state index in [1.165, 1.54) is 33.5 Å². The van der Waals surface area contributed by atoms with Gasteiger partial charge in [0.2, 0.25) is 0 Å². The van der Waals surface area contributed by atoms with Crippen LogP contribution in [0.4, 0.5) is 0 Å². The Bertz CT molecular complexity index is 753. The fourth-order valence-corrected chi connectivity index (χ4v) is 3.80. The van der Waals surface area contributed by atoms with Gasteiger partial charge in [0.05, 0.1) is 5.52 Å². The number of nitrogens with zero attached hydrogens (tertiary/aromatic N) is 1. The lowest BCUT2D eigenvalue weighted by Crippen LogP contribution is -2.10. The molecule has 100 valence electrons. The normalized spacial score (nSPS) is 16.4. The zero-order valence-electron chi connectivity index (χ0n) is 11.1. The SMILES string of the molecule is NC(c1ccc(-c2cccc3cccnc23)s1)C1CC1. The van der Waals surface area contributed by atoms with Crippen molar-refractivity contribution in [3.63, 3.8) is 0 Å². The molecule has 1 fully saturated rings. The summed E-state index contributed by atoms with van der Waals surface area (Å²) >= 11 is 1.81. The van der Waals surface area contributed by atoms with Gasteiger partial charge < -0.3 is 5.73 Å². The van der Waals surface area contributed by atoms with Gasteiger partial charge in [-0.1, -0.05) is 24.3 Å². The van der Waals surface area contributed by atoms with Crippen LogP contribution in [0.15, 0.2) is 48.7 Å². The van der Waals surface area contributed by atoms with Crippen molar-refractivity contribution >= 4 is 22.2 Å². The van der Waals surface area contributed by atoms with Crippen LogP contribution in [0.5, 0.6) is 0 Å². The Morgan fingerprint density at radius 3 is 2.80 bits per heavy atom. The van der Waals surface area contributed by atoms with E-state index >= 15 is 0 Å². The Morgan fingerprint density at radius 2 is 1.95 bits per heavy atom. The van der Waals surface area contributed by atoms with Gasteiger partial charge in [0.1, 0.15) is 0 Å². The minimum absolute atomic E-state index is 0.219. The summed E-state index contributed by atoms with van der Waals surface area (Å²) < 4.78 is 0. The van der Waals surface area contributed by atoms with Crippen LogP contribution < -0.4 is 5.73 Å². The lowest BCUT2D eigenvalue weighted by Gasteiger charge is -2.06. The standard InChI is InChI=1S/C17H16N2S/c18-16(11-6-7-11)15-9-8-14(20-15)13-5-1-3-12-4-2-10-19-17(12)13/h1-5,8-11,16H,6-7,18H2. The van der Waals surface area contributed by atoms with Crippen molar-refractivity contribution in [1.82, 2.24) is 4.98 Å². The van der Waals surface area contributed by atoms with Crippen molar-refractivity contribution < 1.29 is 0 Å². The van der Waals surface area contributed by atoms with E-state index in [0.29, 0.717) is 5.92 Å². The van der Waals surface area contributed by atoms with E-state index in [9.17, 15) is 0 Å². The molecule has 1 aliphatic rings. The summed E-state index contributed by atoms with van der Waals surface area (Å²) in [6.45, 7) is 0. The summed E-state index contributed by atoms with van der Waals surface area (Å²) in [4.78, 5) is 7.10. The van der Waals surface area contributed by atoms with Crippen molar-refractivity contribution in [3.05, 3.63) is 53.5 Å². The van der Waals surface area contributed by atoms with Crippen molar-refractivity contribution in [1.29, 1.82) is 0 Å². The largest absolute Gasteiger partial charge is 0.323 e. The highest BCUT2D eigenvalue weighted by Crippen LogP contribution is 2.43. The molecule has 4 rings (SSSR count). The van der Waals surface area contributed by atoms with Crippen LogP contribution in [0, 0.1) is 5.92 Å². The molecule has 1 saturated carbocycles. The van der Waals surface area contributed by atoms with Crippen LogP contribution in [0.2, 0.25) is 0 Å². The van der Waals surface area contributed by atoms with Gasteiger partial charge in [-0.15, -0.1) is 11.3 Å². The molecule has 2 aromatic heterocycles. The molecule has 3 heteroatoms. The number of pyridine rings is 1. The predicted molar refractivity (Wildman–Crippen MR) is 84.7 cm³/mol. The molecule has 2 nitrogen and oxygen atoms in total. The zero-order valence-corrected chi connectivity index (χ0v) is 11.9. The van der Waals surface area contributed by atoms with E-state index in [4.69, 9.17) is 5.73 Å². The van der Waals surface area contributed by atoms with Crippen LogP contribution in [0.3, 0.4) is 0 Å². The first-order valence-electron chi connectivity index (χ1n) is 7.02. The molecular formula is C17H16N2S. The summed E-state index contributed by atoms with van der Waals surface area (Å²) in [7, 11) is 0. The predicted octanol–water partition coefficient (Wildman–Crippen LogP) is 4.37. The van der Waals surface area contributed by atoms with Gasteiger partial charge in [0, 0.05) is 32.9 Å². The maximum atomic E-state index is 6.30. The zero-order chi connectivity index (χ0) is 13.5. The molecular weight excluding hydrogens is 264 g/mol.